The fraction of sp³-hybridized carbons (Fsp3) is 0.208. The number of anilines is 1. The summed E-state index contributed by atoms with van der Waals surface area (Å²) >= 11 is 0. The van der Waals surface area contributed by atoms with Gasteiger partial charge in [0.15, 0.2) is 0 Å². The summed E-state index contributed by atoms with van der Waals surface area (Å²) in [6.07, 6.45) is 7.97. The van der Waals surface area contributed by atoms with E-state index >= 15 is 0 Å². The van der Waals surface area contributed by atoms with Crippen LogP contribution in [-0.2, 0) is 4.79 Å². The molecule has 4 aromatic rings. The van der Waals surface area contributed by atoms with Gasteiger partial charge in [0, 0.05) is 41.5 Å². The molecule has 2 aromatic carbocycles. The molecule has 0 spiro atoms. The number of aromatic amines is 1. The first-order chi connectivity index (χ1) is 14.7. The quantitative estimate of drug-likeness (QED) is 0.504. The number of carbonyl (C=O) groups is 1. The molecule has 1 fully saturated rings. The van der Waals surface area contributed by atoms with Gasteiger partial charge in [-0.05, 0) is 42.2 Å². The van der Waals surface area contributed by atoms with Crippen LogP contribution in [0.3, 0.4) is 0 Å². The lowest BCUT2D eigenvalue weighted by atomic mass is 9.93. The molecule has 0 saturated carbocycles. The van der Waals surface area contributed by atoms with Crippen molar-refractivity contribution in [2.75, 3.05) is 18.4 Å². The Morgan fingerprint density at radius 1 is 1.20 bits per heavy atom. The lowest BCUT2D eigenvalue weighted by molar-refractivity contribution is -0.125. The number of hydrogen-bond acceptors (Lipinski definition) is 4. The number of pyridine rings is 1. The Balaban J connectivity index is 1.56. The van der Waals surface area contributed by atoms with Gasteiger partial charge in [-0.2, -0.15) is 5.10 Å². The van der Waals surface area contributed by atoms with Gasteiger partial charge in [0.2, 0.25) is 5.91 Å². The van der Waals surface area contributed by atoms with Crippen molar-refractivity contribution in [3.63, 3.8) is 0 Å². The molecule has 0 aliphatic carbocycles. The minimum atomic E-state index is -0.0127. The standard InChI is InChI=1S/C24H23N5O/c1-3-23(30)29-10-9-16(14-29)27-22-13-25-11-19-17(22)5-4-6-18(19)24-15(2)7-8-21-20(24)12-26-28-21/h3-8,11-13,16,27H,1,9-10,14H2,2H3,(H,26,28). The molecule has 150 valence electrons. The second-order valence-electron chi connectivity index (χ2n) is 7.79. The van der Waals surface area contributed by atoms with Gasteiger partial charge in [0.25, 0.3) is 0 Å². The Labute approximate surface area is 174 Å². The van der Waals surface area contributed by atoms with Gasteiger partial charge >= 0.3 is 0 Å². The summed E-state index contributed by atoms with van der Waals surface area (Å²) in [5.41, 5.74) is 5.53. The number of rotatable bonds is 4. The number of hydrogen-bond donors (Lipinski definition) is 2. The van der Waals surface area contributed by atoms with Crippen molar-refractivity contribution in [2.24, 2.45) is 0 Å². The minimum absolute atomic E-state index is 0.0127. The van der Waals surface area contributed by atoms with Crippen LogP contribution in [-0.4, -0.2) is 45.1 Å². The van der Waals surface area contributed by atoms with Gasteiger partial charge in [-0.25, -0.2) is 0 Å². The number of nitrogens with one attached hydrogen (secondary N) is 2. The average molecular weight is 397 g/mol. The van der Waals surface area contributed by atoms with E-state index in [4.69, 9.17) is 0 Å². The summed E-state index contributed by atoms with van der Waals surface area (Å²) in [5, 5.41) is 14.2. The first-order valence-electron chi connectivity index (χ1n) is 10.1. The molecule has 6 heteroatoms. The maximum absolute atomic E-state index is 11.9. The monoisotopic (exact) mass is 397 g/mol. The molecule has 1 atom stereocenters. The summed E-state index contributed by atoms with van der Waals surface area (Å²) in [4.78, 5) is 18.3. The predicted molar refractivity (Wildman–Crippen MR) is 120 cm³/mol. The summed E-state index contributed by atoms with van der Waals surface area (Å²) in [7, 11) is 0. The molecule has 30 heavy (non-hydrogen) atoms. The van der Waals surface area contributed by atoms with Crippen molar-refractivity contribution in [1.82, 2.24) is 20.1 Å². The van der Waals surface area contributed by atoms with E-state index in [2.05, 4.69) is 64.3 Å². The average Bonchev–Trinajstić information content (AvgIpc) is 3.43. The van der Waals surface area contributed by atoms with E-state index in [1.54, 1.807) is 0 Å². The number of amides is 1. The van der Waals surface area contributed by atoms with Crippen LogP contribution in [0.5, 0.6) is 0 Å². The minimum Gasteiger partial charge on any atom is -0.379 e. The van der Waals surface area contributed by atoms with E-state index in [-0.39, 0.29) is 11.9 Å². The van der Waals surface area contributed by atoms with E-state index in [1.165, 1.54) is 17.2 Å². The topological polar surface area (TPSA) is 73.9 Å². The number of aryl methyl sites for hydroxylation is 1. The molecule has 6 nitrogen and oxygen atoms in total. The number of H-pyrrole nitrogens is 1. The highest BCUT2D eigenvalue weighted by atomic mass is 16.2. The summed E-state index contributed by atoms with van der Waals surface area (Å²) in [6, 6.07) is 10.7. The van der Waals surface area contributed by atoms with Gasteiger partial charge in [0.1, 0.15) is 0 Å². The molecule has 1 aliphatic heterocycles. The van der Waals surface area contributed by atoms with Crippen LogP contribution in [0.15, 0.2) is 61.6 Å². The Morgan fingerprint density at radius 3 is 2.97 bits per heavy atom. The second-order valence-corrected chi connectivity index (χ2v) is 7.79. The van der Waals surface area contributed by atoms with Crippen LogP contribution in [0.1, 0.15) is 12.0 Å². The van der Waals surface area contributed by atoms with Gasteiger partial charge in [-0.15, -0.1) is 0 Å². The highest BCUT2D eigenvalue weighted by Gasteiger charge is 2.25. The van der Waals surface area contributed by atoms with E-state index in [0.717, 1.165) is 45.9 Å². The van der Waals surface area contributed by atoms with Gasteiger partial charge in [-0.1, -0.05) is 30.8 Å². The van der Waals surface area contributed by atoms with Crippen LogP contribution in [0.2, 0.25) is 0 Å². The largest absolute Gasteiger partial charge is 0.379 e. The molecule has 1 amide bonds. The molecule has 1 saturated heterocycles. The number of benzene rings is 2. The van der Waals surface area contributed by atoms with E-state index in [9.17, 15) is 4.79 Å². The van der Waals surface area contributed by atoms with Crippen LogP contribution in [0.25, 0.3) is 32.8 Å². The third-order valence-electron chi connectivity index (χ3n) is 5.94. The number of fused-ring (bicyclic) bond motifs is 2. The van der Waals surface area contributed by atoms with Gasteiger partial charge < -0.3 is 10.2 Å². The number of likely N-dealkylation sites (tertiary alicyclic amines) is 1. The zero-order valence-corrected chi connectivity index (χ0v) is 16.9. The van der Waals surface area contributed by atoms with E-state index in [0.29, 0.717) is 6.54 Å². The van der Waals surface area contributed by atoms with Crippen LogP contribution in [0, 0.1) is 6.92 Å². The number of aromatic nitrogens is 3. The Kier molecular flexibility index (Phi) is 4.47. The first kappa shape index (κ1) is 18.4. The van der Waals surface area contributed by atoms with Crippen LogP contribution < -0.4 is 5.32 Å². The van der Waals surface area contributed by atoms with E-state index < -0.39 is 0 Å². The van der Waals surface area contributed by atoms with Crippen molar-refractivity contribution in [2.45, 2.75) is 19.4 Å². The molecule has 2 N–H and O–H groups in total. The van der Waals surface area contributed by atoms with Crippen LogP contribution >= 0.6 is 0 Å². The smallest absolute Gasteiger partial charge is 0.246 e. The molecule has 0 radical (unpaired) electrons. The molecule has 1 unspecified atom stereocenters. The maximum Gasteiger partial charge on any atom is 0.246 e. The second kappa shape index (κ2) is 7.30. The number of nitrogens with zero attached hydrogens (tertiary/aromatic N) is 3. The molecular weight excluding hydrogens is 374 g/mol. The Morgan fingerprint density at radius 2 is 2.10 bits per heavy atom. The van der Waals surface area contributed by atoms with Gasteiger partial charge in [0.05, 0.1) is 23.6 Å². The van der Waals surface area contributed by atoms with Crippen molar-refractivity contribution in [3.05, 3.63) is 67.1 Å². The predicted octanol–water partition coefficient (Wildman–Crippen LogP) is 4.29. The zero-order chi connectivity index (χ0) is 20.7. The highest BCUT2D eigenvalue weighted by Crippen LogP contribution is 2.37. The van der Waals surface area contributed by atoms with Crippen molar-refractivity contribution in [1.29, 1.82) is 0 Å². The summed E-state index contributed by atoms with van der Waals surface area (Å²) < 4.78 is 0. The molecule has 3 heterocycles. The zero-order valence-electron chi connectivity index (χ0n) is 16.9. The summed E-state index contributed by atoms with van der Waals surface area (Å²) in [6.45, 7) is 7.13. The lowest BCUT2D eigenvalue weighted by Crippen LogP contribution is -2.30. The fourth-order valence-corrected chi connectivity index (χ4v) is 4.44. The van der Waals surface area contributed by atoms with Gasteiger partial charge in [-0.3, -0.25) is 14.9 Å². The third kappa shape index (κ3) is 3.01. The number of carbonyl (C=O) groups excluding carboxylic acids is 1. The molecule has 5 rings (SSSR count). The molecule has 1 aliphatic rings. The van der Waals surface area contributed by atoms with E-state index in [1.807, 2.05) is 23.5 Å². The molecule has 2 aromatic heterocycles. The maximum atomic E-state index is 11.9. The van der Waals surface area contributed by atoms with Crippen molar-refractivity contribution < 1.29 is 4.79 Å². The third-order valence-corrected chi connectivity index (χ3v) is 5.94. The van der Waals surface area contributed by atoms with Crippen molar-refractivity contribution >= 4 is 33.3 Å². The SMILES string of the molecule is C=CC(=O)N1CCC(Nc2cncc3c(-c4c(C)ccc5[nH]ncc45)cccc23)C1. The first-order valence-corrected chi connectivity index (χ1v) is 10.1. The normalized spacial score (nSPS) is 16.3. The highest BCUT2D eigenvalue weighted by molar-refractivity contribution is 6.08. The van der Waals surface area contributed by atoms with Crippen LogP contribution in [0.4, 0.5) is 5.69 Å². The fourth-order valence-electron chi connectivity index (χ4n) is 4.44. The lowest BCUT2D eigenvalue weighted by Gasteiger charge is -2.18. The molecular formula is C24H23N5O. The molecule has 0 bridgehead atoms. The van der Waals surface area contributed by atoms with Crippen molar-refractivity contribution in [3.8, 4) is 11.1 Å². The Hall–Kier alpha value is -3.67. The Bertz CT molecular complexity index is 1280. The summed E-state index contributed by atoms with van der Waals surface area (Å²) in [5.74, 6) is -0.0127.